The predicted molar refractivity (Wildman–Crippen MR) is 130 cm³/mol. The standard InChI is InChI=1S/C27H20FNO5S/c28-19-8-6-18(7-9-19)27-12-11-23(30)29(27)21(15-35-27)26(32)33-14-17-13-24(31)34-22-10-5-16-3-1-2-4-20(16)25(17)22/h1-10,13,21H,11-12,14-15H2/t21-,27-/m0/s1. The van der Waals surface area contributed by atoms with E-state index < -0.39 is 22.5 Å². The number of hydrogen-bond donors (Lipinski definition) is 0. The van der Waals surface area contributed by atoms with Crippen LogP contribution in [0.25, 0.3) is 21.7 Å². The number of nitrogens with zero attached hydrogens (tertiary/aromatic N) is 1. The highest BCUT2D eigenvalue weighted by Crippen LogP contribution is 2.54. The average molecular weight is 490 g/mol. The maximum Gasteiger partial charge on any atom is 0.336 e. The molecule has 1 amide bonds. The third-order valence-corrected chi connectivity index (χ3v) is 8.38. The van der Waals surface area contributed by atoms with Gasteiger partial charge in [-0.1, -0.05) is 42.5 Å². The van der Waals surface area contributed by atoms with Crippen LogP contribution in [0, 0.1) is 5.82 Å². The Balaban J connectivity index is 1.30. The van der Waals surface area contributed by atoms with Gasteiger partial charge in [-0.25, -0.2) is 14.0 Å². The second-order valence-corrected chi connectivity index (χ2v) is 10.0. The summed E-state index contributed by atoms with van der Waals surface area (Å²) < 4.78 is 24.6. The molecule has 2 fully saturated rings. The maximum absolute atomic E-state index is 13.5. The molecule has 1 aromatic heterocycles. The number of benzene rings is 3. The van der Waals surface area contributed by atoms with E-state index in [1.165, 1.54) is 30.0 Å². The Labute approximate surface area is 203 Å². The van der Waals surface area contributed by atoms with E-state index in [2.05, 4.69) is 0 Å². The van der Waals surface area contributed by atoms with Crippen molar-refractivity contribution in [3.63, 3.8) is 0 Å². The first kappa shape index (κ1) is 21.9. The number of carbonyl (C=O) groups is 2. The second kappa shape index (κ2) is 8.23. The van der Waals surface area contributed by atoms with Gasteiger partial charge in [0, 0.05) is 29.2 Å². The largest absolute Gasteiger partial charge is 0.459 e. The predicted octanol–water partition coefficient (Wildman–Crippen LogP) is 4.72. The molecule has 0 N–H and O–H groups in total. The van der Waals surface area contributed by atoms with Gasteiger partial charge in [0.05, 0.1) is 0 Å². The molecule has 3 heterocycles. The second-order valence-electron chi connectivity index (χ2n) is 8.74. The van der Waals surface area contributed by atoms with Gasteiger partial charge in [-0.2, -0.15) is 0 Å². The first-order valence-electron chi connectivity index (χ1n) is 11.3. The van der Waals surface area contributed by atoms with Crippen molar-refractivity contribution in [2.24, 2.45) is 0 Å². The molecule has 0 saturated carbocycles. The van der Waals surface area contributed by atoms with Gasteiger partial charge in [0.25, 0.3) is 0 Å². The first-order chi connectivity index (χ1) is 17.0. The van der Waals surface area contributed by atoms with Crippen LogP contribution in [0.5, 0.6) is 0 Å². The average Bonchev–Trinajstić information content (AvgIpc) is 3.41. The number of carbonyl (C=O) groups excluding carboxylic acids is 2. The zero-order valence-corrected chi connectivity index (χ0v) is 19.3. The van der Waals surface area contributed by atoms with Crippen molar-refractivity contribution in [1.82, 2.24) is 4.90 Å². The van der Waals surface area contributed by atoms with Gasteiger partial charge in [-0.15, -0.1) is 11.8 Å². The van der Waals surface area contributed by atoms with E-state index in [4.69, 9.17) is 9.15 Å². The Kier molecular flexibility index (Phi) is 5.14. The number of ether oxygens (including phenoxy) is 1. The highest BCUT2D eigenvalue weighted by Gasteiger charge is 2.57. The molecule has 3 aromatic carbocycles. The van der Waals surface area contributed by atoms with E-state index in [-0.39, 0.29) is 18.3 Å². The van der Waals surface area contributed by atoms with Gasteiger partial charge in [0.15, 0.2) is 0 Å². The molecule has 8 heteroatoms. The third-order valence-electron chi connectivity index (χ3n) is 6.78. The Morgan fingerprint density at radius 1 is 1.11 bits per heavy atom. The molecule has 6 rings (SSSR count). The zero-order chi connectivity index (χ0) is 24.2. The molecular formula is C27H20FNO5S. The fraction of sp³-hybridized carbons (Fsp3) is 0.222. The van der Waals surface area contributed by atoms with Crippen molar-refractivity contribution in [3.05, 3.63) is 94.1 Å². The van der Waals surface area contributed by atoms with E-state index in [9.17, 15) is 18.8 Å². The molecule has 2 aliphatic heterocycles. The van der Waals surface area contributed by atoms with E-state index in [1.54, 1.807) is 23.1 Å². The van der Waals surface area contributed by atoms with Crippen LogP contribution in [0.15, 0.2) is 75.9 Å². The minimum atomic E-state index is -0.761. The summed E-state index contributed by atoms with van der Waals surface area (Å²) >= 11 is 1.50. The highest BCUT2D eigenvalue weighted by atomic mass is 32.2. The van der Waals surface area contributed by atoms with E-state index >= 15 is 0 Å². The number of rotatable bonds is 4. The number of hydrogen-bond acceptors (Lipinski definition) is 6. The summed E-state index contributed by atoms with van der Waals surface area (Å²) in [5, 5.41) is 2.58. The lowest BCUT2D eigenvalue weighted by molar-refractivity contribution is -0.155. The van der Waals surface area contributed by atoms with Crippen molar-refractivity contribution in [2.45, 2.75) is 30.4 Å². The molecule has 0 spiro atoms. The molecule has 2 aliphatic rings. The summed E-state index contributed by atoms with van der Waals surface area (Å²) in [6.45, 7) is -0.123. The van der Waals surface area contributed by atoms with Crippen LogP contribution in [-0.2, 0) is 25.8 Å². The number of thioether (sulfide) groups is 1. The zero-order valence-electron chi connectivity index (χ0n) is 18.5. The molecule has 2 atom stereocenters. The number of amides is 1. The van der Waals surface area contributed by atoms with Crippen molar-refractivity contribution < 1.29 is 23.1 Å². The molecular weight excluding hydrogens is 469 g/mol. The quantitative estimate of drug-likeness (QED) is 0.235. The molecule has 0 radical (unpaired) electrons. The molecule has 0 aliphatic carbocycles. The molecule has 2 saturated heterocycles. The Hall–Kier alpha value is -3.65. The minimum absolute atomic E-state index is 0.123. The molecule has 176 valence electrons. The lowest BCUT2D eigenvalue weighted by Gasteiger charge is -2.33. The van der Waals surface area contributed by atoms with E-state index in [0.29, 0.717) is 35.1 Å². The van der Waals surface area contributed by atoms with Crippen LogP contribution in [0.2, 0.25) is 0 Å². The lowest BCUT2D eigenvalue weighted by Crippen LogP contribution is -2.46. The number of esters is 1. The Morgan fingerprint density at radius 2 is 1.91 bits per heavy atom. The lowest BCUT2D eigenvalue weighted by atomic mass is 10.0. The van der Waals surface area contributed by atoms with Gasteiger partial charge in [-0.05, 0) is 41.0 Å². The summed E-state index contributed by atoms with van der Waals surface area (Å²) in [5.41, 5.74) is 1.23. The van der Waals surface area contributed by atoms with E-state index in [1.807, 2.05) is 30.3 Å². The van der Waals surface area contributed by atoms with Crippen LogP contribution in [0.3, 0.4) is 0 Å². The molecule has 0 unspecified atom stereocenters. The smallest absolute Gasteiger partial charge is 0.336 e. The molecule has 0 bridgehead atoms. The van der Waals surface area contributed by atoms with Crippen molar-refractivity contribution in [2.75, 3.05) is 5.75 Å². The van der Waals surface area contributed by atoms with Gasteiger partial charge >= 0.3 is 11.6 Å². The highest BCUT2D eigenvalue weighted by molar-refractivity contribution is 8.00. The van der Waals surface area contributed by atoms with Crippen LogP contribution >= 0.6 is 11.8 Å². The van der Waals surface area contributed by atoms with E-state index in [0.717, 1.165) is 16.3 Å². The molecule has 35 heavy (non-hydrogen) atoms. The van der Waals surface area contributed by atoms with Crippen LogP contribution < -0.4 is 5.63 Å². The molecule has 6 nitrogen and oxygen atoms in total. The van der Waals surface area contributed by atoms with Gasteiger partial charge in [0.2, 0.25) is 5.91 Å². The maximum atomic E-state index is 13.5. The fourth-order valence-corrected chi connectivity index (χ4v) is 6.84. The minimum Gasteiger partial charge on any atom is -0.459 e. The summed E-state index contributed by atoms with van der Waals surface area (Å²) in [4.78, 5) is 39.1. The molecule has 4 aromatic rings. The number of fused-ring (bicyclic) bond motifs is 4. The summed E-state index contributed by atoms with van der Waals surface area (Å²) in [6.07, 6.45) is 0.854. The first-order valence-corrected chi connectivity index (χ1v) is 12.3. The SMILES string of the molecule is O=C(OCc1cc(=O)oc2ccc3ccccc3c12)[C@@H]1CS[C@]2(c3ccc(F)cc3)CCC(=O)N12. The third kappa shape index (κ3) is 3.51. The summed E-state index contributed by atoms with van der Waals surface area (Å²) in [7, 11) is 0. The fourth-order valence-electron chi connectivity index (χ4n) is 5.21. The number of halogens is 1. The van der Waals surface area contributed by atoms with Crippen LogP contribution in [-0.4, -0.2) is 28.6 Å². The van der Waals surface area contributed by atoms with Gasteiger partial charge in [-0.3, -0.25) is 4.79 Å². The Morgan fingerprint density at radius 3 is 2.74 bits per heavy atom. The monoisotopic (exact) mass is 489 g/mol. The van der Waals surface area contributed by atoms with Crippen molar-refractivity contribution in [1.29, 1.82) is 0 Å². The topological polar surface area (TPSA) is 76.8 Å². The van der Waals surface area contributed by atoms with Crippen LogP contribution in [0.4, 0.5) is 4.39 Å². The summed E-state index contributed by atoms with van der Waals surface area (Å²) in [6, 6.07) is 18.0. The van der Waals surface area contributed by atoms with Gasteiger partial charge in [0.1, 0.15) is 28.9 Å². The van der Waals surface area contributed by atoms with Crippen molar-refractivity contribution >= 4 is 45.4 Å². The van der Waals surface area contributed by atoms with Gasteiger partial charge < -0.3 is 14.1 Å². The van der Waals surface area contributed by atoms with Crippen molar-refractivity contribution in [3.8, 4) is 0 Å². The Bertz CT molecular complexity index is 1550. The van der Waals surface area contributed by atoms with Crippen LogP contribution in [0.1, 0.15) is 24.0 Å². The summed E-state index contributed by atoms with van der Waals surface area (Å²) in [5.74, 6) is -0.633. The normalized spacial score (nSPS) is 21.6.